The van der Waals surface area contributed by atoms with E-state index in [1.165, 1.54) is 11.1 Å². The molecule has 6 rings (SSSR count). The highest BCUT2D eigenvalue weighted by molar-refractivity contribution is 7.19. The van der Waals surface area contributed by atoms with Crippen LogP contribution >= 0.6 is 22.7 Å². The first-order valence-corrected chi connectivity index (χ1v) is 17.2. The average molecular weight is 651 g/mol. The molecule has 6 aromatic rings. The molecule has 7 nitrogen and oxygen atoms in total. The molecule has 46 heavy (non-hydrogen) atoms. The van der Waals surface area contributed by atoms with Crippen LogP contribution in [0.3, 0.4) is 0 Å². The lowest BCUT2D eigenvalue weighted by molar-refractivity contribution is 0.415. The lowest BCUT2D eigenvalue weighted by atomic mass is 10.0. The maximum atomic E-state index is 5.22. The maximum Gasteiger partial charge on any atom is 0.183 e. The minimum atomic E-state index is 0.843. The van der Waals surface area contributed by atoms with E-state index in [4.69, 9.17) is 4.74 Å². The van der Waals surface area contributed by atoms with Crippen LogP contribution in [0.5, 0.6) is 5.75 Å². The minimum Gasteiger partial charge on any atom is -0.497 e. The number of ether oxygens (including phenoxy) is 1. The van der Waals surface area contributed by atoms with E-state index in [1.807, 2.05) is 75.0 Å². The Kier molecular flexibility index (Phi) is 13.2. The van der Waals surface area contributed by atoms with Crippen molar-refractivity contribution in [3.8, 4) is 49.1 Å². The number of hydrogen-bond donors (Lipinski definition) is 2. The summed E-state index contributed by atoms with van der Waals surface area (Å²) in [7, 11) is 1.67. The van der Waals surface area contributed by atoms with E-state index < -0.39 is 0 Å². The quantitative estimate of drug-likeness (QED) is 0.153. The zero-order valence-corrected chi connectivity index (χ0v) is 29.0. The molecule has 0 saturated carbocycles. The van der Waals surface area contributed by atoms with Crippen molar-refractivity contribution in [1.82, 2.24) is 19.9 Å². The number of anilines is 2. The summed E-state index contributed by atoms with van der Waals surface area (Å²) in [6.45, 7) is 12.1. The number of rotatable bonds is 10. The molecule has 0 unspecified atom stereocenters. The van der Waals surface area contributed by atoms with E-state index in [1.54, 1.807) is 29.8 Å². The number of nitrogens with zero attached hydrogens (tertiary/aromatic N) is 4. The van der Waals surface area contributed by atoms with Crippen molar-refractivity contribution in [2.45, 2.75) is 41.0 Å². The van der Waals surface area contributed by atoms with Gasteiger partial charge < -0.3 is 15.4 Å². The van der Waals surface area contributed by atoms with Crippen LogP contribution in [0.2, 0.25) is 0 Å². The normalized spacial score (nSPS) is 10.2. The first-order chi connectivity index (χ1) is 22.6. The Hall–Kier alpha value is -4.60. The van der Waals surface area contributed by atoms with Crippen molar-refractivity contribution >= 4 is 32.9 Å². The summed E-state index contributed by atoms with van der Waals surface area (Å²) in [6, 6.07) is 24.4. The fraction of sp³-hybridized carbons (Fsp3) is 0.243. The molecule has 0 aliphatic rings. The van der Waals surface area contributed by atoms with E-state index in [0.29, 0.717) is 0 Å². The van der Waals surface area contributed by atoms with Crippen LogP contribution in [0, 0.1) is 6.92 Å². The van der Waals surface area contributed by atoms with Crippen molar-refractivity contribution in [1.29, 1.82) is 0 Å². The fourth-order valence-corrected chi connectivity index (χ4v) is 6.36. The third-order valence-electron chi connectivity index (χ3n) is 6.78. The van der Waals surface area contributed by atoms with Gasteiger partial charge in [0.2, 0.25) is 0 Å². The highest BCUT2D eigenvalue weighted by atomic mass is 32.1. The van der Waals surface area contributed by atoms with Gasteiger partial charge in [-0.05, 0) is 74.4 Å². The number of aryl methyl sites for hydroxylation is 1. The van der Waals surface area contributed by atoms with Crippen LogP contribution in [0.15, 0.2) is 97.6 Å². The summed E-state index contributed by atoms with van der Waals surface area (Å²) < 4.78 is 5.22. The minimum absolute atomic E-state index is 0.843. The second-order valence-electron chi connectivity index (χ2n) is 9.86. The summed E-state index contributed by atoms with van der Waals surface area (Å²) in [6.07, 6.45) is 8.57. The van der Waals surface area contributed by atoms with Crippen molar-refractivity contribution < 1.29 is 4.74 Å². The summed E-state index contributed by atoms with van der Waals surface area (Å²) in [5, 5.41) is 8.49. The summed E-state index contributed by atoms with van der Waals surface area (Å²) in [4.78, 5) is 20.3. The van der Waals surface area contributed by atoms with E-state index >= 15 is 0 Å². The zero-order chi connectivity index (χ0) is 32.7. The SMILES string of the molecule is CC.CCCNc1ncc(-c2cccnc2-c2ccc(OC)cc2)s1.CCNc1ncc(-c2cccnc2-c2ccccc2C)s1. The van der Waals surface area contributed by atoms with Gasteiger partial charge in [0.25, 0.3) is 0 Å². The van der Waals surface area contributed by atoms with E-state index in [-0.39, 0.29) is 0 Å². The number of aromatic nitrogens is 4. The molecule has 0 aliphatic heterocycles. The first kappa shape index (κ1) is 34.3. The van der Waals surface area contributed by atoms with Gasteiger partial charge in [0.05, 0.1) is 28.3 Å². The predicted molar refractivity (Wildman–Crippen MR) is 197 cm³/mol. The maximum absolute atomic E-state index is 5.22. The Bertz CT molecular complexity index is 1780. The average Bonchev–Trinajstić information content (AvgIpc) is 3.79. The second kappa shape index (κ2) is 17.8. The molecule has 0 aliphatic carbocycles. The molecule has 0 spiro atoms. The summed E-state index contributed by atoms with van der Waals surface area (Å²) in [5.74, 6) is 0.843. The molecule has 0 radical (unpaired) electrons. The lowest BCUT2D eigenvalue weighted by Crippen LogP contribution is -1.97. The molecule has 2 aromatic carbocycles. The molecule has 4 heterocycles. The molecule has 0 fully saturated rings. The molecule has 0 atom stereocenters. The molecule has 2 N–H and O–H groups in total. The summed E-state index contributed by atoms with van der Waals surface area (Å²) >= 11 is 3.32. The molecular weight excluding hydrogens is 609 g/mol. The molecule has 9 heteroatoms. The second-order valence-corrected chi connectivity index (χ2v) is 11.9. The Morgan fingerprint density at radius 3 is 1.80 bits per heavy atom. The van der Waals surface area contributed by atoms with Gasteiger partial charge in [-0.2, -0.15) is 0 Å². The molecule has 0 saturated heterocycles. The molecule has 4 aromatic heterocycles. The van der Waals surface area contributed by atoms with Gasteiger partial charge in [-0.15, -0.1) is 0 Å². The lowest BCUT2D eigenvalue weighted by Gasteiger charge is -2.09. The standard InChI is InChI=1S/C18H19N3OS.C17H17N3S.C2H6/c1-3-10-20-18-21-12-16(23-18)15-5-4-11-19-17(15)13-6-8-14(22-2)9-7-13;1-3-18-17-20-11-15(21-17)14-9-6-10-19-16(14)13-8-5-4-7-12(13)2;1-2/h4-9,11-12H,3,10H2,1-2H3,(H,20,21);4-11H,3H2,1-2H3,(H,18,20);1-2H3. The van der Waals surface area contributed by atoms with Gasteiger partial charge in [0.15, 0.2) is 10.3 Å². The van der Waals surface area contributed by atoms with Gasteiger partial charge >= 0.3 is 0 Å². The largest absolute Gasteiger partial charge is 0.497 e. The number of hydrogen-bond acceptors (Lipinski definition) is 9. The van der Waals surface area contributed by atoms with Crippen LogP contribution in [-0.4, -0.2) is 40.1 Å². The predicted octanol–water partition coefficient (Wildman–Crippen LogP) is 10.3. The van der Waals surface area contributed by atoms with Crippen LogP contribution in [0.4, 0.5) is 10.3 Å². The fourth-order valence-electron chi connectivity index (χ4n) is 4.58. The Labute approximate surface area is 280 Å². The molecule has 0 amide bonds. The number of pyridine rings is 2. The van der Waals surface area contributed by atoms with Gasteiger partial charge in [-0.25, -0.2) is 9.97 Å². The number of thiazole rings is 2. The molecule has 238 valence electrons. The highest BCUT2D eigenvalue weighted by Gasteiger charge is 2.14. The molecular formula is C37H42N6OS2. The monoisotopic (exact) mass is 650 g/mol. The Morgan fingerprint density at radius 1 is 0.652 bits per heavy atom. The number of benzene rings is 2. The zero-order valence-electron chi connectivity index (χ0n) is 27.4. The van der Waals surface area contributed by atoms with E-state index in [2.05, 4.69) is 87.7 Å². The van der Waals surface area contributed by atoms with Gasteiger partial charge in [0, 0.05) is 60.1 Å². The number of methoxy groups -OCH3 is 1. The first-order valence-electron chi connectivity index (χ1n) is 15.6. The van der Waals surface area contributed by atoms with Crippen LogP contribution in [0.1, 0.15) is 39.7 Å². The third-order valence-corrected chi connectivity index (χ3v) is 8.75. The van der Waals surface area contributed by atoms with Crippen molar-refractivity contribution in [3.63, 3.8) is 0 Å². The topological polar surface area (TPSA) is 84.9 Å². The number of nitrogens with one attached hydrogen (secondary N) is 2. The van der Waals surface area contributed by atoms with Gasteiger partial charge in [0.1, 0.15) is 5.75 Å². The van der Waals surface area contributed by atoms with Crippen molar-refractivity contribution in [2.75, 3.05) is 30.8 Å². The third kappa shape index (κ3) is 8.77. The van der Waals surface area contributed by atoms with Crippen LogP contribution < -0.4 is 15.4 Å². The molecule has 0 bridgehead atoms. The Morgan fingerprint density at radius 2 is 1.22 bits per heavy atom. The van der Waals surface area contributed by atoms with Crippen LogP contribution in [0.25, 0.3) is 43.4 Å². The van der Waals surface area contributed by atoms with Crippen molar-refractivity contribution in [2.24, 2.45) is 0 Å². The Balaban J connectivity index is 0.000000199. The van der Waals surface area contributed by atoms with E-state index in [0.717, 1.165) is 73.4 Å². The van der Waals surface area contributed by atoms with Crippen molar-refractivity contribution in [3.05, 3.63) is 103 Å². The van der Waals surface area contributed by atoms with Gasteiger partial charge in [-0.1, -0.05) is 67.7 Å². The summed E-state index contributed by atoms with van der Waals surface area (Å²) in [5.41, 5.74) is 7.68. The van der Waals surface area contributed by atoms with E-state index in [9.17, 15) is 0 Å². The highest BCUT2D eigenvalue weighted by Crippen LogP contribution is 2.37. The van der Waals surface area contributed by atoms with Gasteiger partial charge in [-0.3, -0.25) is 9.97 Å². The smallest absolute Gasteiger partial charge is 0.183 e. The van der Waals surface area contributed by atoms with Crippen LogP contribution in [-0.2, 0) is 0 Å².